The van der Waals surface area contributed by atoms with Crippen LogP contribution >= 0.6 is 11.3 Å². The van der Waals surface area contributed by atoms with Gasteiger partial charge in [-0.2, -0.15) is 0 Å². The second-order valence-corrected chi connectivity index (χ2v) is 11.1. The van der Waals surface area contributed by atoms with Crippen molar-refractivity contribution in [2.24, 2.45) is 5.92 Å². The average molecular weight is 524 g/mol. The zero-order valence-electron chi connectivity index (χ0n) is 20.5. The number of aromatic hydroxyl groups is 1. The lowest BCUT2D eigenvalue weighted by Gasteiger charge is -2.42. The molecule has 2 bridgehead atoms. The first-order chi connectivity index (χ1) is 18.5. The van der Waals surface area contributed by atoms with Crippen LogP contribution in [0.25, 0.3) is 32.8 Å². The number of rotatable bonds is 4. The highest BCUT2D eigenvalue weighted by Crippen LogP contribution is 2.37. The van der Waals surface area contributed by atoms with Gasteiger partial charge in [0, 0.05) is 60.2 Å². The third kappa shape index (κ3) is 3.97. The van der Waals surface area contributed by atoms with Gasteiger partial charge in [-0.15, -0.1) is 11.3 Å². The first-order valence-corrected chi connectivity index (χ1v) is 13.6. The highest BCUT2D eigenvalue weighted by molar-refractivity contribution is 7.13. The summed E-state index contributed by atoms with van der Waals surface area (Å²) in [6.07, 6.45) is 1.05. The molecular formula is C30H25N3O4S. The van der Waals surface area contributed by atoms with Crippen LogP contribution in [-0.2, 0) is 13.1 Å². The Morgan fingerprint density at radius 3 is 2.74 bits per heavy atom. The van der Waals surface area contributed by atoms with Crippen LogP contribution in [0.5, 0.6) is 5.75 Å². The number of phenols is 1. The maximum atomic E-state index is 13.1. The number of hydrogen-bond donors (Lipinski definition) is 1. The number of likely N-dealkylation sites (tertiary alicyclic amines) is 1. The van der Waals surface area contributed by atoms with E-state index in [1.54, 1.807) is 18.2 Å². The van der Waals surface area contributed by atoms with Crippen molar-refractivity contribution in [3.8, 4) is 27.6 Å². The molecule has 1 saturated heterocycles. The largest absolute Gasteiger partial charge is 0.507 e. The fourth-order valence-electron chi connectivity index (χ4n) is 6.02. The van der Waals surface area contributed by atoms with Crippen molar-refractivity contribution in [3.63, 3.8) is 0 Å². The fourth-order valence-corrected chi connectivity index (χ4v) is 6.85. The number of fused-ring (bicyclic) bond motifs is 5. The molecule has 2 aliphatic rings. The van der Waals surface area contributed by atoms with Crippen LogP contribution < -0.4 is 11.2 Å². The van der Waals surface area contributed by atoms with Crippen LogP contribution in [0.2, 0.25) is 0 Å². The normalized spacial score (nSPS) is 18.9. The van der Waals surface area contributed by atoms with Crippen molar-refractivity contribution in [1.82, 2.24) is 14.5 Å². The molecule has 1 N–H and O–H groups in total. The van der Waals surface area contributed by atoms with E-state index in [0.717, 1.165) is 41.8 Å². The van der Waals surface area contributed by atoms with E-state index in [-0.39, 0.29) is 17.2 Å². The van der Waals surface area contributed by atoms with Crippen molar-refractivity contribution in [3.05, 3.63) is 104 Å². The molecule has 0 spiro atoms. The van der Waals surface area contributed by atoms with E-state index in [9.17, 15) is 14.7 Å². The van der Waals surface area contributed by atoms with E-state index < -0.39 is 5.63 Å². The predicted octanol–water partition coefficient (Wildman–Crippen LogP) is 5.07. The third-order valence-corrected chi connectivity index (χ3v) is 8.60. The quantitative estimate of drug-likeness (QED) is 0.331. The van der Waals surface area contributed by atoms with E-state index in [2.05, 4.69) is 9.88 Å². The third-order valence-electron chi connectivity index (χ3n) is 7.72. The highest BCUT2D eigenvalue weighted by atomic mass is 32.1. The zero-order valence-corrected chi connectivity index (χ0v) is 21.4. The summed E-state index contributed by atoms with van der Waals surface area (Å²) >= 11 is 1.41. The molecule has 0 aliphatic carbocycles. The summed E-state index contributed by atoms with van der Waals surface area (Å²) in [5.74, 6) is 0.734. The van der Waals surface area contributed by atoms with Crippen LogP contribution in [0, 0.1) is 5.92 Å². The average Bonchev–Trinajstić information content (AvgIpc) is 3.42. The Hall–Kier alpha value is -4.01. The summed E-state index contributed by atoms with van der Waals surface area (Å²) in [4.78, 5) is 32.5. The minimum Gasteiger partial charge on any atom is -0.507 e. The smallest absolute Gasteiger partial charge is 0.346 e. The summed E-state index contributed by atoms with van der Waals surface area (Å²) in [6.45, 7) is 2.77. The molecule has 0 saturated carbocycles. The van der Waals surface area contributed by atoms with Gasteiger partial charge < -0.3 is 14.1 Å². The van der Waals surface area contributed by atoms with Crippen LogP contribution in [0.3, 0.4) is 0 Å². The Labute approximate surface area is 222 Å². The molecule has 7 rings (SSSR count). The van der Waals surface area contributed by atoms with E-state index in [4.69, 9.17) is 4.42 Å². The molecular weight excluding hydrogens is 498 g/mol. The molecule has 5 heterocycles. The molecule has 190 valence electrons. The predicted molar refractivity (Wildman–Crippen MR) is 148 cm³/mol. The molecule has 2 aliphatic heterocycles. The Morgan fingerprint density at radius 2 is 1.87 bits per heavy atom. The summed E-state index contributed by atoms with van der Waals surface area (Å²) in [5.41, 5.74) is 3.91. The van der Waals surface area contributed by atoms with Gasteiger partial charge in [0.2, 0.25) is 0 Å². The number of hydrogen-bond acceptors (Lipinski definition) is 7. The molecule has 0 radical (unpaired) electrons. The zero-order chi connectivity index (χ0) is 25.8. The SMILES string of the molecule is O=c1oc2c(CN3C[C@H]4C[C@@H](C3)c3cccc(=O)n3C4)c(O)ccc2cc1-c1nc(-c2ccccc2)cs1. The Balaban J connectivity index is 1.21. The van der Waals surface area contributed by atoms with Crippen molar-refractivity contribution < 1.29 is 9.52 Å². The number of benzene rings is 2. The molecule has 7 nitrogen and oxygen atoms in total. The molecule has 0 amide bonds. The van der Waals surface area contributed by atoms with Gasteiger partial charge >= 0.3 is 5.63 Å². The number of nitrogens with zero attached hydrogens (tertiary/aromatic N) is 3. The number of pyridine rings is 1. The summed E-state index contributed by atoms with van der Waals surface area (Å²) in [6, 6.07) is 20.6. The monoisotopic (exact) mass is 523 g/mol. The minimum absolute atomic E-state index is 0.0612. The van der Waals surface area contributed by atoms with Crippen molar-refractivity contribution in [2.75, 3.05) is 13.1 Å². The lowest BCUT2D eigenvalue weighted by atomic mass is 9.83. The van der Waals surface area contributed by atoms with Crippen LogP contribution in [0.1, 0.15) is 23.6 Å². The second kappa shape index (κ2) is 9.08. The van der Waals surface area contributed by atoms with E-state index in [0.29, 0.717) is 40.7 Å². The van der Waals surface area contributed by atoms with Gasteiger partial charge in [-0.3, -0.25) is 9.69 Å². The Morgan fingerprint density at radius 1 is 1.00 bits per heavy atom. The van der Waals surface area contributed by atoms with Gasteiger partial charge in [-0.05, 0) is 36.6 Å². The molecule has 2 atom stereocenters. The van der Waals surface area contributed by atoms with E-state index in [1.807, 2.05) is 58.5 Å². The molecule has 0 unspecified atom stereocenters. The maximum absolute atomic E-state index is 13.1. The lowest BCUT2D eigenvalue weighted by Crippen LogP contribution is -2.46. The van der Waals surface area contributed by atoms with Gasteiger partial charge in [-0.25, -0.2) is 9.78 Å². The van der Waals surface area contributed by atoms with Crippen molar-refractivity contribution in [2.45, 2.75) is 25.4 Å². The molecule has 8 heteroatoms. The van der Waals surface area contributed by atoms with Crippen LogP contribution in [0.15, 0.2) is 86.1 Å². The molecule has 5 aromatic rings. The molecule has 38 heavy (non-hydrogen) atoms. The fraction of sp³-hybridized carbons (Fsp3) is 0.233. The number of piperidine rings is 1. The molecule has 2 aromatic carbocycles. The van der Waals surface area contributed by atoms with Crippen LogP contribution in [-0.4, -0.2) is 32.6 Å². The first kappa shape index (κ1) is 23.1. The van der Waals surface area contributed by atoms with Gasteiger partial charge in [0.25, 0.3) is 5.56 Å². The highest BCUT2D eigenvalue weighted by Gasteiger charge is 2.35. The Kier molecular flexibility index (Phi) is 5.52. The summed E-state index contributed by atoms with van der Waals surface area (Å²) in [5, 5.41) is 14.1. The Bertz CT molecular complexity index is 1790. The van der Waals surface area contributed by atoms with Crippen molar-refractivity contribution in [1.29, 1.82) is 0 Å². The molecule has 1 fully saturated rings. The molecule has 3 aromatic heterocycles. The van der Waals surface area contributed by atoms with Gasteiger partial charge in [-0.1, -0.05) is 36.4 Å². The van der Waals surface area contributed by atoms with Gasteiger partial charge in [0.1, 0.15) is 16.3 Å². The van der Waals surface area contributed by atoms with Gasteiger partial charge in [0.15, 0.2) is 0 Å². The van der Waals surface area contributed by atoms with Gasteiger partial charge in [0.05, 0.1) is 16.8 Å². The first-order valence-electron chi connectivity index (χ1n) is 12.8. The topological polar surface area (TPSA) is 88.6 Å². The van der Waals surface area contributed by atoms with E-state index >= 15 is 0 Å². The summed E-state index contributed by atoms with van der Waals surface area (Å²) in [7, 11) is 0. The standard InChI is InChI=1S/C30H25N3O4S/c34-26-10-9-20-12-22(29-31-24(17-38-29)19-5-2-1-3-6-19)30(36)37-28(20)23(26)16-32-13-18-11-21(15-32)25-7-4-8-27(35)33(25)14-18/h1-10,12,17-18,21,34H,11,13-16H2/t18-,21+/m1/s1. The van der Waals surface area contributed by atoms with E-state index in [1.165, 1.54) is 11.3 Å². The number of aromatic nitrogens is 2. The van der Waals surface area contributed by atoms with Crippen LogP contribution in [0.4, 0.5) is 0 Å². The summed E-state index contributed by atoms with van der Waals surface area (Å²) < 4.78 is 7.77. The number of phenolic OH excluding ortho intramolecular Hbond substituents is 1. The second-order valence-electron chi connectivity index (χ2n) is 10.2. The van der Waals surface area contributed by atoms with Crippen molar-refractivity contribution >= 4 is 22.3 Å². The lowest BCUT2D eigenvalue weighted by molar-refractivity contribution is 0.113. The minimum atomic E-state index is -0.470. The maximum Gasteiger partial charge on any atom is 0.346 e. The number of thiazole rings is 1.